The van der Waals surface area contributed by atoms with Crippen LogP contribution in [0.2, 0.25) is 0 Å². The van der Waals surface area contributed by atoms with E-state index in [2.05, 4.69) is 26.1 Å². The van der Waals surface area contributed by atoms with Crippen molar-refractivity contribution in [2.45, 2.75) is 39.3 Å². The summed E-state index contributed by atoms with van der Waals surface area (Å²) in [5, 5.41) is 3.37. The molecule has 1 heterocycles. The molecule has 1 saturated heterocycles. The molecule has 2 atom stereocenters. The lowest BCUT2D eigenvalue weighted by molar-refractivity contribution is 0.0474. The van der Waals surface area contributed by atoms with Crippen molar-refractivity contribution in [1.82, 2.24) is 5.32 Å². The lowest BCUT2D eigenvalue weighted by Crippen LogP contribution is -2.20. The number of ether oxygens (including phenoxy) is 1. The minimum absolute atomic E-state index is 0.465. The van der Waals surface area contributed by atoms with Crippen molar-refractivity contribution in [2.75, 3.05) is 13.2 Å². The summed E-state index contributed by atoms with van der Waals surface area (Å²) >= 11 is 0. The van der Waals surface area contributed by atoms with Crippen LogP contribution in [0.15, 0.2) is 0 Å². The first kappa shape index (κ1) is 9.01. The van der Waals surface area contributed by atoms with Gasteiger partial charge in [-0.25, -0.2) is 0 Å². The van der Waals surface area contributed by atoms with E-state index in [1.54, 1.807) is 0 Å². The van der Waals surface area contributed by atoms with Crippen molar-refractivity contribution in [1.29, 1.82) is 0 Å². The van der Waals surface area contributed by atoms with Crippen molar-refractivity contribution in [3.8, 4) is 0 Å². The minimum Gasteiger partial charge on any atom is -0.377 e. The standard InChI is InChI=1S/C9H19NO/c1-7(2)6-11-9-4-8(3)10-5-9/h7-10H,4-6H2,1-3H3/t8-,9-/m1/s1. The summed E-state index contributed by atoms with van der Waals surface area (Å²) in [5.41, 5.74) is 0. The Kier molecular flexibility index (Phi) is 3.34. The molecular weight excluding hydrogens is 138 g/mol. The molecule has 0 aromatic heterocycles. The third-order valence-corrected chi connectivity index (χ3v) is 1.98. The van der Waals surface area contributed by atoms with E-state index in [-0.39, 0.29) is 0 Å². The van der Waals surface area contributed by atoms with Crippen LogP contribution in [-0.4, -0.2) is 25.3 Å². The molecule has 0 radical (unpaired) electrons. The maximum atomic E-state index is 5.67. The highest BCUT2D eigenvalue weighted by Crippen LogP contribution is 2.10. The van der Waals surface area contributed by atoms with Crippen LogP contribution in [0, 0.1) is 5.92 Å². The smallest absolute Gasteiger partial charge is 0.0714 e. The third-order valence-electron chi connectivity index (χ3n) is 1.98. The maximum Gasteiger partial charge on any atom is 0.0714 e. The monoisotopic (exact) mass is 157 g/mol. The fraction of sp³-hybridized carbons (Fsp3) is 1.00. The zero-order valence-electron chi connectivity index (χ0n) is 7.76. The second kappa shape index (κ2) is 4.07. The molecule has 0 aromatic rings. The zero-order chi connectivity index (χ0) is 8.27. The first-order valence-electron chi connectivity index (χ1n) is 4.53. The summed E-state index contributed by atoms with van der Waals surface area (Å²) < 4.78 is 5.67. The number of hydrogen-bond donors (Lipinski definition) is 1. The lowest BCUT2D eigenvalue weighted by Gasteiger charge is -2.12. The molecule has 0 amide bonds. The average molecular weight is 157 g/mol. The topological polar surface area (TPSA) is 21.3 Å². The molecule has 1 N–H and O–H groups in total. The van der Waals surface area contributed by atoms with Crippen LogP contribution in [0.3, 0.4) is 0 Å². The quantitative estimate of drug-likeness (QED) is 0.669. The average Bonchev–Trinajstić information content (AvgIpc) is 2.31. The Morgan fingerprint density at radius 1 is 1.55 bits per heavy atom. The van der Waals surface area contributed by atoms with E-state index in [1.807, 2.05) is 0 Å². The molecule has 2 heteroatoms. The maximum absolute atomic E-state index is 5.67. The van der Waals surface area contributed by atoms with Crippen LogP contribution >= 0.6 is 0 Å². The highest BCUT2D eigenvalue weighted by molar-refractivity contribution is 4.78. The lowest BCUT2D eigenvalue weighted by atomic mass is 10.2. The molecule has 1 fully saturated rings. The highest BCUT2D eigenvalue weighted by atomic mass is 16.5. The van der Waals surface area contributed by atoms with Crippen molar-refractivity contribution in [3.63, 3.8) is 0 Å². The van der Waals surface area contributed by atoms with Gasteiger partial charge in [-0.15, -0.1) is 0 Å². The Labute approximate surface area is 69.3 Å². The third kappa shape index (κ3) is 3.21. The second-order valence-electron chi connectivity index (χ2n) is 3.89. The predicted molar refractivity (Wildman–Crippen MR) is 46.7 cm³/mol. The van der Waals surface area contributed by atoms with Gasteiger partial charge in [-0.2, -0.15) is 0 Å². The van der Waals surface area contributed by atoms with Crippen molar-refractivity contribution in [3.05, 3.63) is 0 Å². The Morgan fingerprint density at radius 3 is 2.73 bits per heavy atom. The molecule has 66 valence electrons. The molecule has 0 aliphatic carbocycles. The summed E-state index contributed by atoms with van der Waals surface area (Å²) in [7, 11) is 0. The van der Waals surface area contributed by atoms with Gasteiger partial charge in [0.05, 0.1) is 6.10 Å². The Morgan fingerprint density at radius 2 is 2.27 bits per heavy atom. The van der Waals surface area contributed by atoms with Crippen LogP contribution in [-0.2, 0) is 4.74 Å². The fourth-order valence-electron chi connectivity index (χ4n) is 1.35. The molecule has 1 aliphatic rings. The van der Waals surface area contributed by atoms with E-state index in [0.717, 1.165) is 13.2 Å². The molecule has 0 unspecified atom stereocenters. The minimum atomic E-state index is 0.465. The van der Waals surface area contributed by atoms with Crippen molar-refractivity contribution < 1.29 is 4.74 Å². The second-order valence-corrected chi connectivity index (χ2v) is 3.89. The van der Waals surface area contributed by atoms with E-state index in [1.165, 1.54) is 6.42 Å². The van der Waals surface area contributed by atoms with Gasteiger partial charge >= 0.3 is 0 Å². The molecule has 11 heavy (non-hydrogen) atoms. The van der Waals surface area contributed by atoms with Gasteiger partial charge in [-0.1, -0.05) is 13.8 Å². The van der Waals surface area contributed by atoms with Gasteiger partial charge in [0.25, 0.3) is 0 Å². The molecule has 1 rings (SSSR count). The SMILES string of the molecule is CC(C)CO[C@H]1CN[C@H](C)C1. The Hall–Kier alpha value is -0.0800. The Bertz CT molecular complexity index is 114. The van der Waals surface area contributed by atoms with E-state index in [4.69, 9.17) is 4.74 Å². The summed E-state index contributed by atoms with van der Waals surface area (Å²) in [6, 6.07) is 0.646. The zero-order valence-corrected chi connectivity index (χ0v) is 7.76. The summed E-state index contributed by atoms with van der Waals surface area (Å²) in [6.45, 7) is 8.52. The number of nitrogens with one attached hydrogen (secondary N) is 1. The fourth-order valence-corrected chi connectivity index (χ4v) is 1.35. The van der Waals surface area contributed by atoms with Gasteiger partial charge < -0.3 is 10.1 Å². The number of rotatable bonds is 3. The van der Waals surface area contributed by atoms with Gasteiger partial charge in [0.2, 0.25) is 0 Å². The van der Waals surface area contributed by atoms with E-state index in [0.29, 0.717) is 18.1 Å². The molecule has 0 spiro atoms. The van der Waals surface area contributed by atoms with E-state index in [9.17, 15) is 0 Å². The summed E-state index contributed by atoms with van der Waals surface area (Å²) in [5.74, 6) is 0.658. The van der Waals surface area contributed by atoms with Gasteiger partial charge in [0, 0.05) is 19.2 Å². The first-order chi connectivity index (χ1) is 5.18. The van der Waals surface area contributed by atoms with E-state index >= 15 is 0 Å². The van der Waals surface area contributed by atoms with Crippen molar-refractivity contribution >= 4 is 0 Å². The summed E-state index contributed by atoms with van der Waals surface area (Å²) in [4.78, 5) is 0. The van der Waals surface area contributed by atoms with Crippen LogP contribution in [0.4, 0.5) is 0 Å². The molecule has 0 aromatic carbocycles. The van der Waals surface area contributed by atoms with Crippen LogP contribution in [0.1, 0.15) is 27.2 Å². The molecular formula is C9H19NO. The molecule has 1 aliphatic heterocycles. The van der Waals surface area contributed by atoms with Gasteiger partial charge in [0.15, 0.2) is 0 Å². The van der Waals surface area contributed by atoms with Crippen LogP contribution in [0.25, 0.3) is 0 Å². The predicted octanol–water partition coefficient (Wildman–Crippen LogP) is 1.41. The van der Waals surface area contributed by atoms with Gasteiger partial charge in [0.1, 0.15) is 0 Å². The van der Waals surface area contributed by atoms with Gasteiger partial charge in [-0.3, -0.25) is 0 Å². The van der Waals surface area contributed by atoms with Gasteiger partial charge in [-0.05, 0) is 19.3 Å². The summed E-state index contributed by atoms with van der Waals surface area (Å²) in [6.07, 6.45) is 1.64. The van der Waals surface area contributed by atoms with Crippen LogP contribution < -0.4 is 5.32 Å². The Balaban J connectivity index is 2.08. The van der Waals surface area contributed by atoms with Crippen LogP contribution in [0.5, 0.6) is 0 Å². The normalized spacial score (nSPS) is 31.6. The molecule has 0 bridgehead atoms. The first-order valence-corrected chi connectivity index (χ1v) is 4.53. The number of hydrogen-bond acceptors (Lipinski definition) is 2. The molecule has 2 nitrogen and oxygen atoms in total. The molecule has 0 saturated carbocycles. The largest absolute Gasteiger partial charge is 0.377 e. The van der Waals surface area contributed by atoms with E-state index < -0.39 is 0 Å². The highest BCUT2D eigenvalue weighted by Gasteiger charge is 2.20. The van der Waals surface area contributed by atoms with Crippen molar-refractivity contribution in [2.24, 2.45) is 5.92 Å².